The Hall–Kier alpha value is -1.60. The van der Waals surface area contributed by atoms with Gasteiger partial charge in [0, 0.05) is 6.42 Å². The van der Waals surface area contributed by atoms with Crippen LogP contribution in [0.1, 0.15) is 35.3 Å². The van der Waals surface area contributed by atoms with Crippen LogP contribution in [0.2, 0.25) is 0 Å². The summed E-state index contributed by atoms with van der Waals surface area (Å²) in [6.45, 7) is 4.21. The Balaban J connectivity index is 2.06. The normalized spacial score (nSPS) is 12.4. The first-order valence-corrected chi connectivity index (χ1v) is 6.51. The molecule has 0 aliphatic carbocycles. The molecule has 1 nitrogen and oxygen atoms in total. The van der Waals surface area contributed by atoms with Gasteiger partial charge >= 0.3 is 0 Å². The average molecular weight is 240 g/mol. The average Bonchev–Trinajstić information content (AvgIpc) is 2.41. The maximum Gasteiger partial charge on any atom is 0.0830 e. The lowest BCUT2D eigenvalue weighted by Gasteiger charge is -2.12. The van der Waals surface area contributed by atoms with E-state index in [4.69, 9.17) is 0 Å². The zero-order valence-corrected chi connectivity index (χ0v) is 11.1. The van der Waals surface area contributed by atoms with E-state index >= 15 is 0 Å². The summed E-state index contributed by atoms with van der Waals surface area (Å²) in [7, 11) is 0. The van der Waals surface area contributed by atoms with Crippen LogP contribution >= 0.6 is 0 Å². The van der Waals surface area contributed by atoms with Gasteiger partial charge < -0.3 is 5.11 Å². The van der Waals surface area contributed by atoms with E-state index in [1.54, 1.807) is 0 Å². The monoisotopic (exact) mass is 240 g/mol. The number of hydrogen-bond donors (Lipinski definition) is 1. The Morgan fingerprint density at radius 1 is 0.889 bits per heavy atom. The SMILES string of the molecule is CCc1ccc(C(O)Cc2ccc(C)cc2)cc1. The van der Waals surface area contributed by atoms with Gasteiger partial charge in [-0.2, -0.15) is 0 Å². The number of aliphatic hydroxyl groups excluding tert-OH is 1. The highest BCUT2D eigenvalue weighted by atomic mass is 16.3. The van der Waals surface area contributed by atoms with E-state index in [9.17, 15) is 5.11 Å². The van der Waals surface area contributed by atoms with Crippen LogP contribution < -0.4 is 0 Å². The Morgan fingerprint density at radius 2 is 1.44 bits per heavy atom. The number of hydrogen-bond acceptors (Lipinski definition) is 1. The van der Waals surface area contributed by atoms with Crippen molar-refractivity contribution < 1.29 is 5.11 Å². The highest BCUT2D eigenvalue weighted by molar-refractivity contribution is 5.27. The van der Waals surface area contributed by atoms with E-state index in [2.05, 4.69) is 50.2 Å². The molecule has 1 heteroatoms. The molecule has 18 heavy (non-hydrogen) atoms. The van der Waals surface area contributed by atoms with Gasteiger partial charge in [0.2, 0.25) is 0 Å². The highest BCUT2D eigenvalue weighted by Crippen LogP contribution is 2.19. The van der Waals surface area contributed by atoms with E-state index in [1.165, 1.54) is 16.7 Å². The minimum atomic E-state index is -0.418. The summed E-state index contributed by atoms with van der Waals surface area (Å²) in [5.41, 5.74) is 4.72. The van der Waals surface area contributed by atoms with Crippen LogP contribution in [0.15, 0.2) is 48.5 Å². The van der Waals surface area contributed by atoms with Crippen LogP contribution in [0.5, 0.6) is 0 Å². The smallest absolute Gasteiger partial charge is 0.0830 e. The van der Waals surface area contributed by atoms with Gasteiger partial charge in [-0.3, -0.25) is 0 Å². The van der Waals surface area contributed by atoms with Crippen LogP contribution in [-0.4, -0.2) is 5.11 Å². The molecule has 0 aliphatic rings. The van der Waals surface area contributed by atoms with Gasteiger partial charge in [-0.15, -0.1) is 0 Å². The second kappa shape index (κ2) is 5.83. The molecule has 2 aromatic carbocycles. The van der Waals surface area contributed by atoms with Crippen molar-refractivity contribution in [1.29, 1.82) is 0 Å². The topological polar surface area (TPSA) is 20.2 Å². The predicted octanol–water partition coefficient (Wildman–Crippen LogP) is 3.83. The predicted molar refractivity (Wildman–Crippen MR) is 75.7 cm³/mol. The summed E-state index contributed by atoms with van der Waals surface area (Å²) in [5, 5.41) is 10.2. The van der Waals surface area contributed by atoms with Gasteiger partial charge in [0.25, 0.3) is 0 Å². The van der Waals surface area contributed by atoms with Gasteiger partial charge in [-0.05, 0) is 30.0 Å². The molecule has 0 amide bonds. The molecular formula is C17H20O. The summed E-state index contributed by atoms with van der Waals surface area (Å²) in [6, 6.07) is 16.6. The van der Waals surface area contributed by atoms with Crippen LogP contribution in [0, 0.1) is 6.92 Å². The molecule has 0 bridgehead atoms. The molecule has 0 fully saturated rings. The minimum Gasteiger partial charge on any atom is -0.388 e. The van der Waals surface area contributed by atoms with Crippen LogP contribution in [0.25, 0.3) is 0 Å². The van der Waals surface area contributed by atoms with E-state index in [0.29, 0.717) is 6.42 Å². The molecule has 0 saturated heterocycles. The minimum absolute atomic E-state index is 0.418. The number of benzene rings is 2. The largest absolute Gasteiger partial charge is 0.388 e. The molecule has 0 saturated carbocycles. The maximum atomic E-state index is 10.2. The second-order valence-corrected chi connectivity index (χ2v) is 4.80. The quantitative estimate of drug-likeness (QED) is 0.861. The zero-order chi connectivity index (χ0) is 13.0. The first-order chi connectivity index (χ1) is 8.69. The standard InChI is InChI=1S/C17H20O/c1-3-14-8-10-16(11-9-14)17(18)12-15-6-4-13(2)5-7-15/h4-11,17-18H,3,12H2,1-2H3. The van der Waals surface area contributed by atoms with Gasteiger partial charge in [0.05, 0.1) is 6.10 Å². The van der Waals surface area contributed by atoms with Gasteiger partial charge in [0.1, 0.15) is 0 Å². The Kier molecular flexibility index (Phi) is 4.16. The lowest BCUT2D eigenvalue weighted by atomic mass is 9.99. The molecule has 1 unspecified atom stereocenters. The number of aryl methyl sites for hydroxylation is 2. The van der Waals surface area contributed by atoms with Gasteiger partial charge in [-0.1, -0.05) is 61.0 Å². The molecule has 0 aliphatic heterocycles. The lowest BCUT2D eigenvalue weighted by molar-refractivity contribution is 0.178. The molecule has 0 heterocycles. The van der Waals surface area contributed by atoms with Crippen molar-refractivity contribution in [3.8, 4) is 0 Å². The van der Waals surface area contributed by atoms with E-state index in [1.807, 2.05) is 12.1 Å². The van der Waals surface area contributed by atoms with E-state index < -0.39 is 6.10 Å². The van der Waals surface area contributed by atoms with Crippen molar-refractivity contribution in [2.75, 3.05) is 0 Å². The van der Waals surface area contributed by atoms with Crippen LogP contribution in [0.4, 0.5) is 0 Å². The van der Waals surface area contributed by atoms with Crippen molar-refractivity contribution in [2.45, 2.75) is 32.8 Å². The molecule has 0 radical (unpaired) electrons. The number of rotatable bonds is 4. The van der Waals surface area contributed by atoms with E-state index in [0.717, 1.165) is 12.0 Å². The summed E-state index contributed by atoms with van der Waals surface area (Å²) in [6.07, 6.45) is 1.29. The van der Waals surface area contributed by atoms with Crippen LogP contribution in [-0.2, 0) is 12.8 Å². The van der Waals surface area contributed by atoms with Gasteiger partial charge in [-0.25, -0.2) is 0 Å². The molecule has 1 N–H and O–H groups in total. The Morgan fingerprint density at radius 3 is 2.00 bits per heavy atom. The van der Waals surface area contributed by atoms with Crippen LogP contribution in [0.3, 0.4) is 0 Å². The van der Waals surface area contributed by atoms with Crippen molar-refractivity contribution >= 4 is 0 Å². The summed E-state index contributed by atoms with van der Waals surface area (Å²) < 4.78 is 0. The summed E-state index contributed by atoms with van der Waals surface area (Å²) >= 11 is 0. The van der Waals surface area contributed by atoms with Crippen molar-refractivity contribution in [3.63, 3.8) is 0 Å². The summed E-state index contributed by atoms with van der Waals surface area (Å²) in [4.78, 5) is 0. The number of aliphatic hydroxyl groups is 1. The third-order valence-electron chi connectivity index (χ3n) is 3.32. The molecule has 2 aromatic rings. The fourth-order valence-electron chi connectivity index (χ4n) is 2.04. The molecule has 94 valence electrons. The zero-order valence-electron chi connectivity index (χ0n) is 11.1. The molecular weight excluding hydrogens is 220 g/mol. The van der Waals surface area contributed by atoms with Crippen molar-refractivity contribution in [3.05, 3.63) is 70.8 Å². The van der Waals surface area contributed by atoms with E-state index in [-0.39, 0.29) is 0 Å². The maximum absolute atomic E-state index is 10.2. The fraction of sp³-hybridized carbons (Fsp3) is 0.294. The van der Waals surface area contributed by atoms with Crippen molar-refractivity contribution in [1.82, 2.24) is 0 Å². The second-order valence-electron chi connectivity index (χ2n) is 4.80. The third kappa shape index (κ3) is 3.21. The fourth-order valence-corrected chi connectivity index (χ4v) is 2.04. The molecule has 1 atom stereocenters. The molecule has 2 rings (SSSR count). The Labute approximate surface area is 109 Å². The van der Waals surface area contributed by atoms with Gasteiger partial charge in [0.15, 0.2) is 0 Å². The van der Waals surface area contributed by atoms with Crippen molar-refractivity contribution in [2.24, 2.45) is 0 Å². The lowest BCUT2D eigenvalue weighted by Crippen LogP contribution is -2.01. The highest BCUT2D eigenvalue weighted by Gasteiger charge is 2.08. The molecule has 0 aromatic heterocycles. The summed E-state index contributed by atoms with van der Waals surface area (Å²) in [5.74, 6) is 0. The third-order valence-corrected chi connectivity index (χ3v) is 3.32. The first-order valence-electron chi connectivity index (χ1n) is 6.51. The Bertz CT molecular complexity index is 482. The molecule has 0 spiro atoms. The first kappa shape index (κ1) is 12.8.